The van der Waals surface area contributed by atoms with E-state index in [1.54, 1.807) is 0 Å². The molecule has 7 nitrogen and oxygen atoms in total. The third-order valence-electron chi connectivity index (χ3n) is 3.35. The number of aromatic nitrogens is 3. The lowest BCUT2D eigenvalue weighted by Gasteiger charge is -2.07. The van der Waals surface area contributed by atoms with Crippen LogP contribution in [0.3, 0.4) is 0 Å². The van der Waals surface area contributed by atoms with E-state index in [1.165, 1.54) is 22.8 Å². The van der Waals surface area contributed by atoms with Crippen molar-refractivity contribution >= 4 is 17.5 Å². The van der Waals surface area contributed by atoms with E-state index in [-0.39, 0.29) is 18.3 Å². The molecule has 3 rings (SSSR count). The zero-order chi connectivity index (χ0) is 15.6. The van der Waals surface area contributed by atoms with E-state index >= 15 is 0 Å². The standard InChI is InChI=1S/C14H13FN6O/c1-2-3-7-14(19-20-14)8-6-12(22)17-13-16-11-5-4-10(15)9-21(11)18-13/h1,4-5,9H,3,6-8H2,(H,17,18,22). The molecule has 0 spiro atoms. The summed E-state index contributed by atoms with van der Waals surface area (Å²) in [5, 5.41) is 14.5. The van der Waals surface area contributed by atoms with Crippen molar-refractivity contribution in [1.29, 1.82) is 0 Å². The van der Waals surface area contributed by atoms with Gasteiger partial charge in [0.25, 0.3) is 0 Å². The number of halogens is 1. The topological polar surface area (TPSA) is 84.0 Å². The molecule has 0 aromatic carbocycles. The highest BCUT2D eigenvalue weighted by atomic mass is 19.1. The van der Waals surface area contributed by atoms with Gasteiger partial charge < -0.3 is 0 Å². The summed E-state index contributed by atoms with van der Waals surface area (Å²) >= 11 is 0. The van der Waals surface area contributed by atoms with E-state index in [4.69, 9.17) is 6.42 Å². The van der Waals surface area contributed by atoms with Gasteiger partial charge in [0.1, 0.15) is 5.82 Å². The van der Waals surface area contributed by atoms with Crippen molar-refractivity contribution in [3.8, 4) is 12.3 Å². The minimum absolute atomic E-state index is 0.137. The fourth-order valence-corrected chi connectivity index (χ4v) is 2.08. The number of pyridine rings is 1. The Kier molecular flexibility index (Phi) is 3.55. The second-order valence-corrected chi connectivity index (χ2v) is 5.02. The molecular weight excluding hydrogens is 287 g/mol. The Hall–Kier alpha value is -2.82. The zero-order valence-corrected chi connectivity index (χ0v) is 11.7. The lowest BCUT2D eigenvalue weighted by Crippen LogP contribution is -2.18. The predicted molar refractivity (Wildman–Crippen MR) is 76.5 cm³/mol. The number of hydrogen-bond donors (Lipinski definition) is 1. The minimum Gasteiger partial charge on any atom is -0.293 e. The van der Waals surface area contributed by atoms with Crippen LogP contribution in [0.5, 0.6) is 0 Å². The first-order valence-electron chi connectivity index (χ1n) is 6.80. The van der Waals surface area contributed by atoms with Crippen LogP contribution in [0.25, 0.3) is 5.65 Å². The fourth-order valence-electron chi connectivity index (χ4n) is 2.08. The van der Waals surface area contributed by atoms with Gasteiger partial charge in [-0.05, 0) is 12.1 Å². The van der Waals surface area contributed by atoms with Crippen LogP contribution in [0, 0.1) is 18.2 Å². The number of nitrogens with zero attached hydrogens (tertiary/aromatic N) is 5. The molecule has 0 bridgehead atoms. The van der Waals surface area contributed by atoms with E-state index < -0.39 is 11.5 Å². The summed E-state index contributed by atoms with van der Waals surface area (Å²) in [5.74, 6) is 2.00. The highest BCUT2D eigenvalue weighted by Crippen LogP contribution is 2.37. The molecule has 0 unspecified atom stereocenters. The summed E-state index contributed by atoms with van der Waals surface area (Å²) in [5.41, 5.74) is -0.0338. The first-order chi connectivity index (χ1) is 10.6. The molecule has 0 fully saturated rings. The van der Waals surface area contributed by atoms with Gasteiger partial charge in [0.2, 0.25) is 11.9 Å². The number of hydrogen-bond acceptors (Lipinski definition) is 5. The Morgan fingerprint density at radius 3 is 2.95 bits per heavy atom. The Morgan fingerprint density at radius 2 is 2.23 bits per heavy atom. The average molecular weight is 300 g/mol. The number of anilines is 1. The van der Waals surface area contributed by atoms with Gasteiger partial charge in [-0.2, -0.15) is 15.2 Å². The number of carbonyl (C=O) groups is 1. The molecule has 0 saturated carbocycles. The van der Waals surface area contributed by atoms with Crippen molar-refractivity contribution in [2.75, 3.05) is 5.32 Å². The molecule has 1 N–H and O–H groups in total. The normalized spacial score (nSPS) is 14.7. The Morgan fingerprint density at radius 1 is 1.41 bits per heavy atom. The zero-order valence-electron chi connectivity index (χ0n) is 11.7. The van der Waals surface area contributed by atoms with Crippen molar-refractivity contribution in [1.82, 2.24) is 14.6 Å². The molecule has 2 aromatic heterocycles. The summed E-state index contributed by atoms with van der Waals surface area (Å²) < 4.78 is 14.3. The summed E-state index contributed by atoms with van der Waals surface area (Å²) in [6, 6.07) is 2.76. The van der Waals surface area contributed by atoms with Gasteiger partial charge in [0, 0.05) is 25.7 Å². The molecule has 0 radical (unpaired) electrons. The highest BCUT2D eigenvalue weighted by Gasteiger charge is 2.39. The molecule has 8 heteroatoms. The van der Waals surface area contributed by atoms with Gasteiger partial charge in [-0.25, -0.2) is 8.91 Å². The molecule has 112 valence electrons. The highest BCUT2D eigenvalue weighted by molar-refractivity contribution is 5.89. The van der Waals surface area contributed by atoms with Gasteiger partial charge >= 0.3 is 0 Å². The molecule has 1 aliphatic heterocycles. The summed E-state index contributed by atoms with van der Waals surface area (Å²) in [6.45, 7) is 0. The largest absolute Gasteiger partial charge is 0.293 e. The maximum atomic E-state index is 13.1. The Labute approximate surface area is 125 Å². The van der Waals surface area contributed by atoms with E-state index in [1.807, 2.05) is 0 Å². The van der Waals surface area contributed by atoms with Crippen molar-refractivity contribution in [2.24, 2.45) is 10.2 Å². The van der Waals surface area contributed by atoms with E-state index in [9.17, 15) is 9.18 Å². The van der Waals surface area contributed by atoms with Gasteiger partial charge in [0.05, 0.1) is 6.20 Å². The van der Waals surface area contributed by atoms with Crippen LogP contribution >= 0.6 is 0 Å². The van der Waals surface area contributed by atoms with Crippen LogP contribution in [0.1, 0.15) is 25.7 Å². The number of fused-ring (bicyclic) bond motifs is 1. The molecule has 0 atom stereocenters. The lowest BCUT2D eigenvalue weighted by molar-refractivity contribution is -0.116. The van der Waals surface area contributed by atoms with Crippen molar-refractivity contribution in [3.63, 3.8) is 0 Å². The van der Waals surface area contributed by atoms with Crippen LogP contribution in [-0.2, 0) is 4.79 Å². The van der Waals surface area contributed by atoms with Crippen LogP contribution in [0.4, 0.5) is 10.3 Å². The van der Waals surface area contributed by atoms with Gasteiger partial charge in [-0.1, -0.05) is 0 Å². The third kappa shape index (κ3) is 3.09. The first kappa shape index (κ1) is 14.1. The number of nitrogens with one attached hydrogen (secondary N) is 1. The third-order valence-corrected chi connectivity index (χ3v) is 3.35. The van der Waals surface area contributed by atoms with E-state index in [2.05, 4.69) is 31.5 Å². The number of rotatable bonds is 6. The van der Waals surface area contributed by atoms with Crippen molar-refractivity contribution < 1.29 is 9.18 Å². The molecule has 3 heterocycles. The molecular formula is C14H13FN6O. The van der Waals surface area contributed by atoms with Crippen LogP contribution in [0.15, 0.2) is 28.6 Å². The molecule has 2 aromatic rings. The average Bonchev–Trinajstić information content (AvgIpc) is 3.16. The Balaban J connectivity index is 1.56. The van der Waals surface area contributed by atoms with E-state index in [0.717, 1.165) is 0 Å². The molecule has 0 aliphatic carbocycles. The quantitative estimate of drug-likeness (QED) is 0.830. The summed E-state index contributed by atoms with van der Waals surface area (Å²) in [4.78, 5) is 16.0. The van der Waals surface area contributed by atoms with Crippen LogP contribution in [0.2, 0.25) is 0 Å². The second-order valence-electron chi connectivity index (χ2n) is 5.02. The summed E-state index contributed by atoms with van der Waals surface area (Å²) in [6.07, 6.45) is 8.37. The monoisotopic (exact) mass is 300 g/mol. The minimum atomic E-state index is -0.487. The molecule has 1 amide bonds. The first-order valence-corrected chi connectivity index (χ1v) is 6.80. The smallest absolute Gasteiger partial charge is 0.249 e. The van der Waals surface area contributed by atoms with Crippen LogP contribution in [-0.4, -0.2) is 26.2 Å². The van der Waals surface area contributed by atoms with E-state index in [0.29, 0.717) is 24.9 Å². The van der Waals surface area contributed by atoms with Gasteiger partial charge in [-0.15, -0.1) is 17.4 Å². The number of terminal acetylenes is 1. The Bertz CT molecular complexity index is 784. The number of carbonyl (C=O) groups excluding carboxylic acids is 1. The van der Waals surface area contributed by atoms with Gasteiger partial charge in [-0.3, -0.25) is 10.1 Å². The molecule has 22 heavy (non-hydrogen) atoms. The lowest BCUT2D eigenvalue weighted by atomic mass is 10.0. The van der Waals surface area contributed by atoms with Crippen molar-refractivity contribution in [3.05, 3.63) is 24.1 Å². The number of amides is 1. The maximum absolute atomic E-state index is 13.1. The SMILES string of the molecule is C#CCCC1(CCC(=O)Nc2nc3ccc(F)cn3n2)N=N1. The van der Waals surface area contributed by atoms with Crippen molar-refractivity contribution in [2.45, 2.75) is 31.3 Å². The summed E-state index contributed by atoms with van der Waals surface area (Å²) in [7, 11) is 0. The van der Waals surface area contributed by atoms with Crippen LogP contribution < -0.4 is 5.32 Å². The second kappa shape index (κ2) is 5.52. The molecule has 0 saturated heterocycles. The maximum Gasteiger partial charge on any atom is 0.249 e. The van der Waals surface area contributed by atoms with Gasteiger partial charge in [0.15, 0.2) is 11.3 Å². The fraction of sp³-hybridized carbons (Fsp3) is 0.357. The molecule has 1 aliphatic rings. The predicted octanol–water partition coefficient (Wildman–Crippen LogP) is 2.16.